The minimum atomic E-state index is 0.940. The molecule has 0 fully saturated rings. The molecule has 0 aliphatic heterocycles. The van der Waals surface area contributed by atoms with Crippen LogP contribution in [-0.4, -0.2) is 7.11 Å². The third-order valence-electron chi connectivity index (χ3n) is 3.93. The van der Waals surface area contributed by atoms with Crippen molar-refractivity contribution in [3.05, 3.63) is 66.7 Å². The van der Waals surface area contributed by atoms with Gasteiger partial charge < -0.3 is 4.74 Å². The first kappa shape index (κ1) is 11.3. The molecular formula is C19H14O. The molecule has 96 valence electrons. The number of hydrogen-bond acceptors (Lipinski definition) is 1. The third kappa shape index (κ3) is 1.50. The van der Waals surface area contributed by atoms with Crippen molar-refractivity contribution in [2.45, 2.75) is 0 Å². The van der Waals surface area contributed by atoms with Gasteiger partial charge in [-0.25, -0.2) is 0 Å². The van der Waals surface area contributed by atoms with E-state index in [9.17, 15) is 0 Å². The molecule has 0 radical (unpaired) electrons. The van der Waals surface area contributed by atoms with E-state index in [-0.39, 0.29) is 0 Å². The highest BCUT2D eigenvalue weighted by Crippen LogP contribution is 2.37. The Kier molecular flexibility index (Phi) is 2.40. The second-order valence-corrected chi connectivity index (χ2v) is 5.01. The summed E-state index contributed by atoms with van der Waals surface area (Å²) in [4.78, 5) is 0. The number of benzene rings is 4. The molecular weight excluding hydrogens is 244 g/mol. The monoisotopic (exact) mass is 258 g/mol. The molecule has 0 aliphatic carbocycles. The van der Waals surface area contributed by atoms with E-state index >= 15 is 0 Å². The van der Waals surface area contributed by atoms with Crippen molar-refractivity contribution < 1.29 is 4.74 Å². The van der Waals surface area contributed by atoms with Crippen LogP contribution in [0, 0.1) is 0 Å². The van der Waals surface area contributed by atoms with Gasteiger partial charge in [-0.05, 0) is 33.0 Å². The largest absolute Gasteiger partial charge is 0.496 e. The highest BCUT2D eigenvalue weighted by molar-refractivity contribution is 6.19. The van der Waals surface area contributed by atoms with Crippen molar-refractivity contribution in [1.82, 2.24) is 0 Å². The molecule has 1 heteroatoms. The van der Waals surface area contributed by atoms with Crippen LogP contribution in [0.15, 0.2) is 66.7 Å². The molecule has 0 aliphatic rings. The fraction of sp³-hybridized carbons (Fsp3) is 0.0526. The molecule has 0 spiro atoms. The van der Waals surface area contributed by atoms with Crippen molar-refractivity contribution in [2.24, 2.45) is 0 Å². The minimum Gasteiger partial charge on any atom is -0.496 e. The van der Waals surface area contributed by atoms with E-state index in [2.05, 4.69) is 66.7 Å². The van der Waals surface area contributed by atoms with E-state index in [0.29, 0.717) is 0 Å². The molecule has 0 saturated heterocycles. The zero-order valence-electron chi connectivity index (χ0n) is 11.3. The molecule has 1 nitrogen and oxygen atoms in total. The quantitative estimate of drug-likeness (QED) is 0.429. The molecule has 4 aromatic carbocycles. The average molecular weight is 258 g/mol. The van der Waals surface area contributed by atoms with Gasteiger partial charge in [-0.1, -0.05) is 60.7 Å². The van der Waals surface area contributed by atoms with Gasteiger partial charge in [-0.3, -0.25) is 0 Å². The van der Waals surface area contributed by atoms with Crippen LogP contribution in [0.25, 0.3) is 32.3 Å². The zero-order valence-corrected chi connectivity index (χ0v) is 11.3. The molecule has 4 aromatic rings. The van der Waals surface area contributed by atoms with Crippen molar-refractivity contribution >= 4 is 32.3 Å². The van der Waals surface area contributed by atoms with Crippen LogP contribution in [0.4, 0.5) is 0 Å². The highest BCUT2D eigenvalue weighted by Gasteiger charge is 2.09. The lowest BCUT2D eigenvalue weighted by atomic mass is 9.96. The van der Waals surface area contributed by atoms with Crippen molar-refractivity contribution in [1.29, 1.82) is 0 Å². The minimum absolute atomic E-state index is 0.940. The van der Waals surface area contributed by atoms with Crippen molar-refractivity contribution in [3.8, 4) is 5.75 Å². The maximum Gasteiger partial charge on any atom is 0.127 e. The van der Waals surface area contributed by atoms with Crippen molar-refractivity contribution in [3.63, 3.8) is 0 Å². The number of rotatable bonds is 1. The summed E-state index contributed by atoms with van der Waals surface area (Å²) in [5.74, 6) is 0.940. The van der Waals surface area contributed by atoms with Crippen LogP contribution in [0.2, 0.25) is 0 Å². The predicted molar refractivity (Wildman–Crippen MR) is 85.5 cm³/mol. The van der Waals surface area contributed by atoms with E-state index in [0.717, 1.165) is 5.75 Å². The van der Waals surface area contributed by atoms with E-state index in [1.807, 2.05) is 0 Å². The Morgan fingerprint density at radius 3 is 2.15 bits per heavy atom. The zero-order chi connectivity index (χ0) is 13.5. The van der Waals surface area contributed by atoms with E-state index in [4.69, 9.17) is 4.74 Å². The van der Waals surface area contributed by atoms with Crippen LogP contribution in [-0.2, 0) is 0 Å². The highest BCUT2D eigenvalue weighted by atomic mass is 16.5. The second-order valence-electron chi connectivity index (χ2n) is 5.01. The summed E-state index contributed by atoms with van der Waals surface area (Å²) in [6.45, 7) is 0. The fourth-order valence-corrected chi connectivity index (χ4v) is 3.00. The van der Waals surface area contributed by atoms with E-state index in [1.54, 1.807) is 7.11 Å². The van der Waals surface area contributed by atoms with E-state index < -0.39 is 0 Å². The van der Waals surface area contributed by atoms with Gasteiger partial charge in [0.15, 0.2) is 0 Å². The van der Waals surface area contributed by atoms with Gasteiger partial charge in [0, 0.05) is 5.39 Å². The summed E-state index contributed by atoms with van der Waals surface area (Å²) in [7, 11) is 1.74. The smallest absolute Gasteiger partial charge is 0.127 e. The maximum atomic E-state index is 5.64. The number of ether oxygens (including phenoxy) is 1. The summed E-state index contributed by atoms with van der Waals surface area (Å²) in [6.07, 6.45) is 0. The molecule has 0 aromatic heterocycles. The van der Waals surface area contributed by atoms with Crippen LogP contribution in [0.5, 0.6) is 5.75 Å². The lowest BCUT2D eigenvalue weighted by Crippen LogP contribution is -1.88. The summed E-state index contributed by atoms with van der Waals surface area (Å²) in [5.41, 5.74) is 0. The predicted octanol–water partition coefficient (Wildman–Crippen LogP) is 5.15. The summed E-state index contributed by atoms with van der Waals surface area (Å²) in [5, 5.41) is 7.42. The first-order valence-corrected chi connectivity index (χ1v) is 6.76. The van der Waals surface area contributed by atoms with Crippen LogP contribution in [0.3, 0.4) is 0 Å². The van der Waals surface area contributed by atoms with Gasteiger partial charge in [0.05, 0.1) is 7.11 Å². The summed E-state index contributed by atoms with van der Waals surface area (Å²) in [6, 6.07) is 23.4. The normalized spacial score (nSPS) is 11.2. The Balaban J connectivity index is 2.33. The standard InChI is InChI=1S/C19H14O/c1-20-18-12-14-7-3-4-8-15(14)17-11-10-13-6-2-5-9-16(13)19(17)18/h2-12H,1H3. The fourth-order valence-electron chi connectivity index (χ4n) is 3.00. The third-order valence-corrected chi connectivity index (χ3v) is 3.93. The van der Waals surface area contributed by atoms with Gasteiger partial charge in [0.25, 0.3) is 0 Å². The van der Waals surface area contributed by atoms with Crippen LogP contribution in [0.1, 0.15) is 0 Å². The van der Waals surface area contributed by atoms with Crippen molar-refractivity contribution in [2.75, 3.05) is 7.11 Å². The Hall–Kier alpha value is -2.54. The maximum absolute atomic E-state index is 5.64. The van der Waals surface area contributed by atoms with E-state index in [1.165, 1.54) is 32.3 Å². The first-order valence-electron chi connectivity index (χ1n) is 6.76. The Morgan fingerprint density at radius 1 is 0.650 bits per heavy atom. The Labute approximate surface area is 117 Å². The molecule has 0 N–H and O–H groups in total. The molecule has 4 rings (SSSR count). The second kappa shape index (κ2) is 4.24. The lowest BCUT2D eigenvalue weighted by Gasteiger charge is -2.12. The first-order chi connectivity index (χ1) is 9.88. The molecule has 0 unspecified atom stereocenters. The van der Waals surface area contributed by atoms with Gasteiger partial charge in [-0.2, -0.15) is 0 Å². The Morgan fingerprint density at radius 2 is 1.35 bits per heavy atom. The van der Waals surface area contributed by atoms with Gasteiger partial charge in [0.1, 0.15) is 5.75 Å². The van der Waals surface area contributed by atoms with Gasteiger partial charge in [0.2, 0.25) is 0 Å². The number of hydrogen-bond donors (Lipinski definition) is 0. The molecule has 0 heterocycles. The van der Waals surface area contributed by atoms with Crippen LogP contribution < -0.4 is 4.74 Å². The average Bonchev–Trinajstić information content (AvgIpc) is 2.53. The molecule has 0 amide bonds. The molecule has 20 heavy (non-hydrogen) atoms. The number of fused-ring (bicyclic) bond motifs is 5. The van der Waals surface area contributed by atoms with Gasteiger partial charge in [-0.15, -0.1) is 0 Å². The molecule has 0 saturated carbocycles. The lowest BCUT2D eigenvalue weighted by molar-refractivity contribution is 0.420. The SMILES string of the molecule is COc1cc2ccccc2c2ccc3ccccc3c12. The van der Waals surface area contributed by atoms with Crippen LogP contribution >= 0.6 is 0 Å². The topological polar surface area (TPSA) is 9.23 Å². The molecule has 0 atom stereocenters. The Bertz CT molecular complexity index is 938. The molecule has 0 bridgehead atoms. The number of methoxy groups -OCH3 is 1. The van der Waals surface area contributed by atoms with Gasteiger partial charge >= 0.3 is 0 Å². The summed E-state index contributed by atoms with van der Waals surface area (Å²) >= 11 is 0. The summed E-state index contributed by atoms with van der Waals surface area (Å²) < 4.78 is 5.64.